The molecule has 1 aliphatic rings. The minimum Gasteiger partial charge on any atom is -0.378 e. The van der Waals surface area contributed by atoms with Crippen molar-refractivity contribution < 1.29 is 4.79 Å². The zero-order valence-corrected chi connectivity index (χ0v) is 17.5. The van der Waals surface area contributed by atoms with Crippen molar-refractivity contribution in [2.45, 2.75) is 19.4 Å². The molecular weight excluding hydrogens is 374 g/mol. The molecule has 2 heterocycles. The van der Waals surface area contributed by atoms with E-state index in [1.54, 1.807) is 12.4 Å². The Morgan fingerprint density at radius 2 is 1.77 bits per heavy atom. The van der Waals surface area contributed by atoms with Gasteiger partial charge in [-0.3, -0.25) is 9.78 Å². The van der Waals surface area contributed by atoms with Crippen LogP contribution in [0.25, 0.3) is 11.3 Å². The number of rotatable bonds is 6. The number of hydrogen-bond donors (Lipinski definition) is 1. The number of carbonyl (C=O) groups is 1. The lowest BCUT2D eigenvalue weighted by Crippen LogP contribution is -2.23. The highest BCUT2D eigenvalue weighted by Gasteiger charge is 2.19. The lowest BCUT2D eigenvalue weighted by atomic mass is 10.1. The molecule has 0 saturated carbocycles. The number of nitrogens with zero attached hydrogens (tertiary/aromatic N) is 4. The van der Waals surface area contributed by atoms with Crippen LogP contribution in [0.15, 0.2) is 60.9 Å². The standard InChI is InChI=1S/C24H27N5O/c1-28(2)21-10-8-18(9-11-21)17-27-24(30)20-7-5-6-19(16-20)22-23(26-13-12-25-22)29-14-3-4-15-29/h5-13,16H,3-4,14-15,17H2,1-2H3,(H,27,30). The van der Waals surface area contributed by atoms with E-state index in [9.17, 15) is 4.79 Å². The fourth-order valence-corrected chi connectivity index (χ4v) is 3.70. The first-order valence-electron chi connectivity index (χ1n) is 10.3. The Hall–Kier alpha value is -3.41. The van der Waals surface area contributed by atoms with Crippen LogP contribution in [0.1, 0.15) is 28.8 Å². The first-order valence-corrected chi connectivity index (χ1v) is 10.3. The largest absolute Gasteiger partial charge is 0.378 e. The van der Waals surface area contributed by atoms with Crippen molar-refractivity contribution in [3.63, 3.8) is 0 Å². The van der Waals surface area contributed by atoms with Crippen LogP contribution in [0.3, 0.4) is 0 Å². The van der Waals surface area contributed by atoms with E-state index in [4.69, 9.17) is 0 Å². The maximum absolute atomic E-state index is 12.8. The average Bonchev–Trinajstić information content (AvgIpc) is 3.33. The summed E-state index contributed by atoms with van der Waals surface area (Å²) < 4.78 is 0. The van der Waals surface area contributed by atoms with Crippen molar-refractivity contribution in [2.75, 3.05) is 37.0 Å². The van der Waals surface area contributed by atoms with E-state index >= 15 is 0 Å². The molecule has 0 unspecified atom stereocenters. The summed E-state index contributed by atoms with van der Waals surface area (Å²) in [4.78, 5) is 26.2. The van der Waals surface area contributed by atoms with Crippen LogP contribution in [0.4, 0.5) is 11.5 Å². The van der Waals surface area contributed by atoms with Crippen LogP contribution < -0.4 is 15.1 Å². The second-order valence-electron chi connectivity index (χ2n) is 7.75. The molecule has 1 aromatic heterocycles. The van der Waals surface area contributed by atoms with Crippen molar-refractivity contribution in [2.24, 2.45) is 0 Å². The number of aromatic nitrogens is 2. The molecule has 1 aliphatic heterocycles. The molecule has 6 heteroatoms. The number of amides is 1. The van der Waals surface area contributed by atoms with Crippen LogP contribution >= 0.6 is 0 Å². The Balaban J connectivity index is 1.49. The zero-order chi connectivity index (χ0) is 20.9. The molecule has 4 rings (SSSR count). The number of nitrogens with one attached hydrogen (secondary N) is 1. The molecule has 1 fully saturated rings. The van der Waals surface area contributed by atoms with Crippen LogP contribution in [0, 0.1) is 0 Å². The van der Waals surface area contributed by atoms with Crippen molar-refractivity contribution in [1.29, 1.82) is 0 Å². The molecule has 6 nitrogen and oxygen atoms in total. The van der Waals surface area contributed by atoms with Gasteiger partial charge < -0.3 is 15.1 Å². The Labute approximate surface area is 177 Å². The predicted molar refractivity (Wildman–Crippen MR) is 121 cm³/mol. The van der Waals surface area contributed by atoms with Crippen molar-refractivity contribution in [3.8, 4) is 11.3 Å². The van der Waals surface area contributed by atoms with E-state index in [1.807, 2.05) is 50.5 Å². The summed E-state index contributed by atoms with van der Waals surface area (Å²) in [6.45, 7) is 2.48. The van der Waals surface area contributed by atoms with Gasteiger partial charge in [-0.2, -0.15) is 0 Å². The van der Waals surface area contributed by atoms with Gasteiger partial charge in [-0.05, 0) is 42.7 Å². The van der Waals surface area contributed by atoms with Crippen LogP contribution in [0.2, 0.25) is 0 Å². The van der Waals surface area contributed by atoms with Gasteiger partial charge in [-0.25, -0.2) is 4.98 Å². The van der Waals surface area contributed by atoms with Gasteiger partial charge >= 0.3 is 0 Å². The molecule has 3 aromatic rings. The Kier molecular flexibility index (Phi) is 5.93. The highest BCUT2D eigenvalue weighted by Crippen LogP contribution is 2.29. The fourth-order valence-electron chi connectivity index (χ4n) is 3.70. The van der Waals surface area contributed by atoms with E-state index in [1.165, 1.54) is 12.8 Å². The maximum Gasteiger partial charge on any atom is 0.251 e. The number of carbonyl (C=O) groups excluding carboxylic acids is 1. The lowest BCUT2D eigenvalue weighted by Gasteiger charge is -2.19. The molecule has 30 heavy (non-hydrogen) atoms. The average molecular weight is 402 g/mol. The third-order valence-corrected chi connectivity index (χ3v) is 5.39. The van der Waals surface area contributed by atoms with Crippen molar-refractivity contribution in [3.05, 3.63) is 72.1 Å². The third kappa shape index (κ3) is 4.43. The molecule has 1 amide bonds. The fraction of sp³-hybridized carbons (Fsp3) is 0.292. The quantitative estimate of drug-likeness (QED) is 0.682. The number of benzene rings is 2. The molecule has 0 atom stereocenters. The molecule has 1 saturated heterocycles. The second-order valence-corrected chi connectivity index (χ2v) is 7.75. The normalized spacial score (nSPS) is 13.3. The minimum atomic E-state index is -0.0971. The predicted octanol–water partition coefficient (Wildman–Crippen LogP) is 3.74. The first kappa shape index (κ1) is 19.9. The summed E-state index contributed by atoms with van der Waals surface area (Å²) in [6, 6.07) is 15.8. The van der Waals surface area contributed by atoms with Gasteiger partial charge in [0.05, 0.1) is 0 Å². The summed E-state index contributed by atoms with van der Waals surface area (Å²) >= 11 is 0. The highest BCUT2D eigenvalue weighted by atomic mass is 16.1. The molecule has 1 N–H and O–H groups in total. The molecule has 0 aliphatic carbocycles. The van der Waals surface area contributed by atoms with Crippen LogP contribution in [-0.4, -0.2) is 43.1 Å². The Bertz CT molecular complexity index is 1010. The van der Waals surface area contributed by atoms with Crippen molar-refractivity contribution in [1.82, 2.24) is 15.3 Å². The van der Waals surface area contributed by atoms with Crippen molar-refractivity contribution >= 4 is 17.4 Å². The third-order valence-electron chi connectivity index (χ3n) is 5.39. The Morgan fingerprint density at radius 1 is 1.03 bits per heavy atom. The van der Waals surface area contributed by atoms with E-state index in [0.717, 1.165) is 41.4 Å². The van der Waals surface area contributed by atoms with Gasteiger partial charge in [0.1, 0.15) is 5.69 Å². The molecule has 154 valence electrons. The summed E-state index contributed by atoms with van der Waals surface area (Å²) in [5, 5.41) is 3.01. The van der Waals surface area contributed by atoms with Gasteiger partial charge in [0, 0.05) is 62.9 Å². The summed E-state index contributed by atoms with van der Waals surface area (Å²) in [7, 11) is 4.02. The van der Waals surface area contributed by atoms with Gasteiger partial charge in [-0.1, -0.05) is 24.3 Å². The molecular formula is C24H27N5O. The summed E-state index contributed by atoms with van der Waals surface area (Å²) in [5.74, 6) is 0.800. The van der Waals surface area contributed by atoms with Crippen LogP contribution in [0.5, 0.6) is 0 Å². The van der Waals surface area contributed by atoms with Crippen LogP contribution in [-0.2, 0) is 6.54 Å². The second kappa shape index (κ2) is 8.95. The van der Waals surface area contributed by atoms with E-state index in [0.29, 0.717) is 12.1 Å². The summed E-state index contributed by atoms with van der Waals surface area (Å²) in [5.41, 5.74) is 4.56. The number of anilines is 2. The van der Waals surface area contributed by atoms with Gasteiger partial charge in [0.25, 0.3) is 5.91 Å². The topological polar surface area (TPSA) is 61.4 Å². The molecule has 0 spiro atoms. The monoisotopic (exact) mass is 401 g/mol. The molecule has 0 bridgehead atoms. The highest BCUT2D eigenvalue weighted by molar-refractivity contribution is 5.95. The zero-order valence-electron chi connectivity index (χ0n) is 17.5. The van der Waals surface area contributed by atoms with E-state index < -0.39 is 0 Å². The first-order chi connectivity index (χ1) is 14.6. The minimum absolute atomic E-state index is 0.0971. The SMILES string of the molecule is CN(C)c1ccc(CNC(=O)c2cccc(-c3nccnc3N3CCCC3)c2)cc1. The smallest absolute Gasteiger partial charge is 0.251 e. The number of hydrogen-bond acceptors (Lipinski definition) is 5. The van der Waals surface area contributed by atoms with Gasteiger partial charge in [-0.15, -0.1) is 0 Å². The Morgan fingerprint density at radius 3 is 2.50 bits per heavy atom. The van der Waals surface area contributed by atoms with Gasteiger partial charge in [0.2, 0.25) is 0 Å². The lowest BCUT2D eigenvalue weighted by molar-refractivity contribution is 0.0951. The summed E-state index contributed by atoms with van der Waals surface area (Å²) in [6.07, 6.45) is 5.79. The maximum atomic E-state index is 12.8. The van der Waals surface area contributed by atoms with E-state index in [2.05, 4.69) is 37.2 Å². The van der Waals surface area contributed by atoms with E-state index in [-0.39, 0.29) is 5.91 Å². The molecule has 2 aromatic carbocycles. The van der Waals surface area contributed by atoms with Gasteiger partial charge in [0.15, 0.2) is 5.82 Å². The molecule has 0 radical (unpaired) electrons.